The van der Waals surface area contributed by atoms with Crippen molar-refractivity contribution in [1.29, 1.82) is 0 Å². The van der Waals surface area contributed by atoms with Crippen LogP contribution in [0.5, 0.6) is 0 Å². The van der Waals surface area contributed by atoms with E-state index in [1.54, 1.807) is 21.9 Å². The van der Waals surface area contributed by atoms with Gasteiger partial charge in [-0.15, -0.1) is 0 Å². The van der Waals surface area contributed by atoms with Gasteiger partial charge in [0.2, 0.25) is 0 Å². The fourth-order valence-electron chi connectivity index (χ4n) is 0.574. The van der Waals surface area contributed by atoms with Gasteiger partial charge < -0.3 is 0 Å². The molecule has 10 heavy (non-hydrogen) atoms. The van der Waals surface area contributed by atoms with Crippen LogP contribution in [0, 0.1) is 0 Å². The third kappa shape index (κ3) is 2.97. The summed E-state index contributed by atoms with van der Waals surface area (Å²) in [7, 11) is 0. The Morgan fingerprint density at radius 2 is 2.00 bits per heavy atom. The summed E-state index contributed by atoms with van der Waals surface area (Å²) in [4.78, 5) is 12.8. The Labute approximate surface area is 85.6 Å². The summed E-state index contributed by atoms with van der Waals surface area (Å²) < 4.78 is 0. The van der Waals surface area contributed by atoms with Crippen molar-refractivity contribution in [2.75, 3.05) is 0 Å². The van der Waals surface area contributed by atoms with E-state index in [0.717, 1.165) is 0 Å². The summed E-state index contributed by atoms with van der Waals surface area (Å²) in [6.45, 7) is 0. The van der Waals surface area contributed by atoms with Crippen LogP contribution in [0.15, 0.2) is 23.1 Å². The number of carboxylic acid groups (broad SMARTS) is 1. The zero-order valence-electron chi connectivity index (χ0n) is 5.70. The van der Waals surface area contributed by atoms with Crippen molar-refractivity contribution in [1.82, 2.24) is 0 Å². The van der Waals surface area contributed by atoms with Crippen molar-refractivity contribution >= 4 is 23.6 Å². The summed E-state index contributed by atoms with van der Waals surface area (Å²) in [6, 6.07) is 0. The molecular formula is C6H5GeNaO2. The van der Waals surface area contributed by atoms with E-state index in [9.17, 15) is 9.90 Å². The Hall–Kier alpha value is 0.363. The van der Waals surface area contributed by atoms with Crippen LogP contribution >= 0.6 is 0 Å². The van der Waals surface area contributed by atoms with Gasteiger partial charge in [-0.3, -0.25) is 0 Å². The van der Waals surface area contributed by atoms with Crippen molar-refractivity contribution in [3.05, 3.63) is 23.1 Å². The van der Waals surface area contributed by atoms with Crippen LogP contribution in [-0.4, -0.2) is 23.6 Å². The molecule has 0 amide bonds. The number of rotatable bonds is 1. The summed E-state index contributed by atoms with van der Waals surface area (Å²) in [5.74, 6) is 0. The molecule has 2 nitrogen and oxygen atoms in total. The third-order valence-electron chi connectivity index (χ3n) is 1.01. The van der Waals surface area contributed by atoms with Gasteiger partial charge in [0.25, 0.3) is 0 Å². The van der Waals surface area contributed by atoms with Gasteiger partial charge in [-0.2, -0.15) is 0 Å². The van der Waals surface area contributed by atoms with Crippen molar-refractivity contribution in [3.8, 4) is 0 Å². The van der Waals surface area contributed by atoms with E-state index >= 15 is 0 Å². The predicted octanol–water partition coefficient (Wildman–Crippen LogP) is -3.54. The van der Waals surface area contributed by atoms with Crippen molar-refractivity contribution in [3.63, 3.8) is 0 Å². The molecule has 1 rings (SSSR count). The third-order valence-corrected chi connectivity index (χ3v) is 4.31. The minimum Gasteiger partial charge on any atom is 1.00 e. The first-order valence-corrected chi connectivity index (χ1v) is 6.04. The molecule has 0 N–H and O–H groups in total. The Balaban J connectivity index is 0.000000810. The normalized spacial score (nSPS) is 13.8. The summed E-state index contributed by atoms with van der Waals surface area (Å²) in [5, 5.41) is 10.2. The van der Waals surface area contributed by atoms with E-state index in [1.165, 1.54) is 0 Å². The van der Waals surface area contributed by atoms with Crippen molar-refractivity contribution < 1.29 is 39.5 Å². The van der Waals surface area contributed by atoms with E-state index in [1.807, 2.05) is 6.08 Å². The second kappa shape index (κ2) is 5.07. The standard InChI is InChI=1S/C6H6GeO2.Na/c8-6(9)7-4-2-1-3-5-7;/h1-5H,(H,8,9);/q;+1/p-1. The molecule has 0 aromatic carbocycles. The summed E-state index contributed by atoms with van der Waals surface area (Å²) in [6.07, 6.45) is 5.36. The molecular weight excluding hydrogens is 200 g/mol. The quantitative estimate of drug-likeness (QED) is 0.416. The first-order valence-electron chi connectivity index (χ1n) is 2.57. The Kier molecular flexibility index (Phi) is 5.26. The molecule has 0 radical (unpaired) electrons. The first kappa shape index (κ1) is 10.4. The molecule has 1 heterocycles. The van der Waals surface area contributed by atoms with Crippen LogP contribution in [0.4, 0.5) is 4.79 Å². The predicted molar refractivity (Wildman–Crippen MR) is 35.5 cm³/mol. The van der Waals surface area contributed by atoms with Crippen LogP contribution in [0.3, 0.4) is 0 Å². The van der Waals surface area contributed by atoms with Gasteiger partial charge in [-0.1, -0.05) is 0 Å². The minimum absolute atomic E-state index is 0. The number of carbonyl (C=O) groups is 1. The molecule has 0 unspecified atom stereocenters. The molecule has 0 bridgehead atoms. The van der Waals surface area contributed by atoms with E-state index in [4.69, 9.17) is 0 Å². The molecule has 1 aliphatic rings. The molecule has 0 saturated carbocycles. The number of allylic oxidation sites excluding steroid dienone is 3. The van der Waals surface area contributed by atoms with Crippen molar-refractivity contribution in [2.24, 2.45) is 0 Å². The largest absolute Gasteiger partial charge is 1.00 e. The molecule has 0 atom stereocenters. The van der Waals surface area contributed by atoms with Crippen LogP contribution < -0.4 is 34.7 Å². The van der Waals surface area contributed by atoms with Crippen LogP contribution in [0.25, 0.3) is 0 Å². The Morgan fingerprint density at radius 1 is 1.30 bits per heavy atom. The van der Waals surface area contributed by atoms with Crippen LogP contribution in [0.1, 0.15) is 0 Å². The average molecular weight is 205 g/mol. The average Bonchev–Trinajstić information content (AvgIpc) is 1.90. The minimum atomic E-state index is -2.04. The SMILES string of the molecule is O=[C]([O-])[Ge]1=[CH]C=CC=[CH]1.[Na+]. The molecule has 46 valence electrons. The molecule has 0 aromatic rings. The van der Waals surface area contributed by atoms with Crippen molar-refractivity contribution in [2.45, 2.75) is 0 Å². The molecule has 0 aromatic heterocycles. The topological polar surface area (TPSA) is 40.1 Å². The molecule has 4 heteroatoms. The van der Waals surface area contributed by atoms with Gasteiger partial charge in [-0.05, 0) is 0 Å². The van der Waals surface area contributed by atoms with Crippen LogP contribution in [0.2, 0.25) is 0 Å². The second-order valence-corrected chi connectivity index (χ2v) is 5.82. The maximum Gasteiger partial charge on any atom is 1.00 e. The Morgan fingerprint density at radius 3 is 2.30 bits per heavy atom. The fourth-order valence-corrected chi connectivity index (χ4v) is 2.71. The van der Waals surface area contributed by atoms with Gasteiger partial charge in [0.1, 0.15) is 0 Å². The molecule has 0 spiro atoms. The fraction of sp³-hybridized carbons (Fsp3) is 0. The first-order chi connectivity index (χ1) is 4.30. The number of hydrogen-bond donors (Lipinski definition) is 0. The smallest absolute Gasteiger partial charge is 1.00 e. The molecule has 0 saturated heterocycles. The van der Waals surface area contributed by atoms with E-state index in [2.05, 4.69) is 0 Å². The monoisotopic (exact) mass is 206 g/mol. The summed E-state index contributed by atoms with van der Waals surface area (Å²) >= 11 is -2.04. The zero-order valence-corrected chi connectivity index (χ0v) is 9.80. The van der Waals surface area contributed by atoms with Gasteiger partial charge in [0, 0.05) is 0 Å². The van der Waals surface area contributed by atoms with Crippen LogP contribution in [-0.2, 0) is 0 Å². The maximum absolute atomic E-state index is 10.2. The molecule has 1 aliphatic heterocycles. The number of carbonyl (C=O) groups excluding carboxylic acids is 1. The number of hydrogen-bond acceptors (Lipinski definition) is 2. The van der Waals surface area contributed by atoms with Gasteiger partial charge in [-0.25, -0.2) is 0 Å². The zero-order chi connectivity index (χ0) is 6.69. The van der Waals surface area contributed by atoms with Gasteiger partial charge in [0.05, 0.1) is 0 Å². The van der Waals surface area contributed by atoms with E-state index in [0.29, 0.717) is 0 Å². The second-order valence-electron chi connectivity index (χ2n) is 1.65. The van der Waals surface area contributed by atoms with E-state index in [-0.39, 0.29) is 29.6 Å². The Bertz CT molecular complexity index is 218. The summed E-state index contributed by atoms with van der Waals surface area (Å²) in [5.41, 5.74) is 0. The molecule has 0 fully saturated rings. The van der Waals surface area contributed by atoms with E-state index < -0.39 is 18.7 Å². The molecule has 0 aliphatic carbocycles. The van der Waals surface area contributed by atoms with Gasteiger partial charge >= 0.3 is 86.2 Å². The van der Waals surface area contributed by atoms with Gasteiger partial charge in [0.15, 0.2) is 0 Å². The maximum atomic E-state index is 10.2.